The van der Waals surface area contributed by atoms with Crippen LogP contribution in [0.2, 0.25) is 0 Å². The second-order valence-electron chi connectivity index (χ2n) is 4.75. The summed E-state index contributed by atoms with van der Waals surface area (Å²) < 4.78 is 0. The molecule has 0 spiro atoms. The predicted octanol–water partition coefficient (Wildman–Crippen LogP) is 2.21. The van der Waals surface area contributed by atoms with Gasteiger partial charge in [0.05, 0.1) is 5.52 Å². The molecule has 0 bridgehead atoms. The van der Waals surface area contributed by atoms with E-state index in [1.807, 2.05) is 36.4 Å². The number of carboxylic acids is 1. The summed E-state index contributed by atoms with van der Waals surface area (Å²) in [4.78, 5) is 23.1. The second kappa shape index (κ2) is 5.20. The lowest BCUT2D eigenvalue weighted by atomic mass is 10.0. The van der Waals surface area contributed by atoms with E-state index in [1.165, 1.54) is 0 Å². The van der Waals surface area contributed by atoms with Gasteiger partial charge in [-0.1, -0.05) is 36.4 Å². The van der Waals surface area contributed by atoms with E-state index >= 15 is 0 Å². The van der Waals surface area contributed by atoms with Crippen molar-refractivity contribution in [3.05, 3.63) is 75.6 Å². The predicted molar refractivity (Wildman–Crippen MR) is 78.6 cm³/mol. The van der Waals surface area contributed by atoms with Crippen LogP contribution >= 0.6 is 0 Å². The van der Waals surface area contributed by atoms with Gasteiger partial charge in [0.15, 0.2) is 0 Å². The molecule has 3 rings (SSSR count). The number of rotatable bonds is 3. The van der Waals surface area contributed by atoms with Crippen molar-refractivity contribution in [2.45, 2.75) is 6.42 Å². The highest BCUT2D eigenvalue weighted by Gasteiger charge is 2.13. The maximum Gasteiger partial charge on any atom is 0.360 e. The highest BCUT2D eigenvalue weighted by molar-refractivity contribution is 5.90. The number of aromatic nitrogens is 2. The van der Waals surface area contributed by atoms with Crippen LogP contribution in [0.4, 0.5) is 0 Å². The quantitative estimate of drug-likeness (QED) is 0.770. The standard InChI is InChI=1S/C16H12N2O3/c19-15-12-9-11(8-10-4-2-1-3-5-10)6-7-13(12)17-18-14(15)16(20)21/h1-7,9H,8H2,(H,17,19)(H,20,21). The number of H-pyrrole nitrogens is 1. The second-order valence-corrected chi connectivity index (χ2v) is 4.75. The first kappa shape index (κ1) is 13.1. The van der Waals surface area contributed by atoms with Gasteiger partial charge in [-0.15, -0.1) is 0 Å². The first-order chi connectivity index (χ1) is 10.1. The summed E-state index contributed by atoms with van der Waals surface area (Å²) in [6.45, 7) is 0. The van der Waals surface area contributed by atoms with Gasteiger partial charge in [0.25, 0.3) is 0 Å². The van der Waals surface area contributed by atoms with Gasteiger partial charge in [-0.25, -0.2) is 4.79 Å². The summed E-state index contributed by atoms with van der Waals surface area (Å²) in [5.41, 5.74) is 1.55. The first-order valence-corrected chi connectivity index (χ1v) is 6.43. The van der Waals surface area contributed by atoms with Crippen LogP contribution < -0.4 is 5.43 Å². The zero-order chi connectivity index (χ0) is 14.8. The molecule has 0 saturated carbocycles. The summed E-state index contributed by atoms with van der Waals surface area (Å²) >= 11 is 0. The monoisotopic (exact) mass is 280 g/mol. The molecule has 5 heteroatoms. The van der Waals surface area contributed by atoms with Crippen LogP contribution in [0.25, 0.3) is 10.9 Å². The molecule has 2 N–H and O–H groups in total. The molecule has 0 aliphatic rings. The normalized spacial score (nSPS) is 10.7. The number of hydrogen-bond acceptors (Lipinski definition) is 3. The van der Waals surface area contributed by atoms with Crippen LogP contribution in [-0.4, -0.2) is 21.3 Å². The molecule has 0 saturated heterocycles. The molecule has 0 amide bonds. The topological polar surface area (TPSA) is 83.0 Å². The summed E-state index contributed by atoms with van der Waals surface area (Å²) in [6.07, 6.45) is 0.681. The van der Waals surface area contributed by atoms with Gasteiger partial charge < -0.3 is 5.11 Å². The Morgan fingerprint density at radius 1 is 1.10 bits per heavy atom. The molecule has 1 aromatic heterocycles. The van der Waals surface area contributed by atoms with Crippen LogP contribution in [0.5, 0.6) is 0 Å². The summed E-state index contributed by atoms with van der Waals surface area (Å²) in [6, 6.07) is 15.2. The third-order valence-electron chi connectivity index (χ3n) is 3.29. The Kier molecular flexibility index (Phi) is 3.23. The van der Waals surface area contributed by atoms with E-state index in [2.05, 4.69) is 10.2 Å². The average Bonchev–Trinajstić information content (AvgIpc) is 2.49. The van der Waals surface area contributed by atoms with E-state index in [4.69, 9.17) is 5.11 Å². The lowest BCUT2D eigenvalue weighted by Crippen LogP contribution is -2.18. The molecule has 0 atom stereocenters. The number of nitrogens with zero attached hydrogens (tertiary/aromatic N) is 1. The fourth-order valence-electron chi connectivity index (χ4n) is 2.26. The number of fused-ring (bicyclic) bond motifs is 1. The highest BCUT2D eigenvalue weighted by Crippen LogP contribution is 2.14. The summed E-state index contributed by atoms with van der Waals surface area (Å²) in [7, 11) is 0. The molecule has 0 aliphatic carbocycles. The maximum atomic E-state index is 12.1. The minimum Gasteiger partial charge on any atom is -0.476 e. The fourth-order valence-corrected chi connectivity index (χ4v) is 2.26. The summed E-state index contributed by atoms with van der Waals surface area (Å²) in [5, 5.41) is 15.5. The fraction of sp³-hybridized carbons (Fsp3) is 0.0625. The number of carbonyl (C=O) groups is 1. The van der Waals surface area contributed by atoms with Crippen molar-refractivity contribution in [1.29, 1.82) is 0 Å². The number of aromatic amines is 1. The van der Waals surface area contributed by atoms with Crippen molar-refractivity contribution in [2.24, 2.45) is 0 Å². The molecular weight excluding hydrogens is 268 g/mol. The lowest BCUT2D eigenvalue weighted by molar-refractivity contribution is 0.0688. The van der Waals surface area contributed by atoms with Gasteiger partial charge in [-0.3, -0.25) is 9.89 Å². The van der Waals surface area contributed by atoms with Gasteiger partial charge in [0.1, 0.15) is 0 Å². The number of aromatic carboxylic acids is 1. The molecule has 21 heavy (non-hydrogen) atoms. The number of carboxylic acid groups (broad SMARTS) is 1. The van der Waals surface area contributed by atoms with Crippen molar-refractivity contribution in [2.75, 3.05) is 0 Å². The van der Waals surface area contributed by atoms with Gasteiger partial charge in [0.2, 0.25) is 11.1 Å². The minimum absolute atomic E-state index is 0.343. The number of benzene rings is 2. The summed E-state index contributed by atoms with van der Waals surface area (Å²) in [5.74, 6) is -1.33. The molecule has 0 aliphatic heterocycles. The van der Waals surface area contributed by atoms with Crippen molar-refractivity contribution in [3.63, 3.8) is 0 Å². The largest absolute Gasteiger partial charge is 0.476 e. The Morgan fingerprint density at radius 3 is 2.57 bits per heavy atom. The maximum absolute atomic E-state index is 12.1. The zero-order valence-corrected chi connectivity index (χ0v) is 11.0. The van der Waals surface area contributed by atoms with Crippen molar-refractivity contribution >= 4 is 16.9 Å². The van der Waals surface area contributed by atoms with E-state index in [0.29, 0.717) is 17.3 Å². The van der Waals surface area contributed by atoms with E-state index < -0.39 is 17.1 Å². The minimum atomic E-state index is -1.33. The molecule has 0 fully saturated rings. The van der Waals surface area contributed by atoms with Gasteiger partial charge in [-0.2, -0.15) is 5.10 Å². The molecule has 104 valence electrons. The van der Waals surface area contributed by atoms with Crippen LogP contribution in [0.1, 0.15) is 21.6 Å². The van der Waals surface area contributed by atoms with E-state index in [0.717, 1.165) is 11.1 Å². The van der Waals surface area contributed by atoms with Crippen LogP contribution in [0, 0.1) is 0 Å². The van der Waals surface area contributed by atoms with Crippen LogP contribution in [0.15, 0.2) is 53.3 Å². The lowest BCUT2D eigenvalue weighted by Gasteiger charge is -2.04. The number of hydrogen-bond donors (Lipinski definition) is 2. The Balaban J connectivity index is 2.08. The average molecular weight is 280 g/mol. The Hall–Kier alpha value is -2.95. The molecule has 0 unspecified atom stereocenters. The Labute approximate surface area is 119 Å². The van der Waals surface area contributed by atoms with Crippen LogP contribution in [0.3, 0.4) is 0 Å². The molecule has 0 radical (unpaired) electrons. The van der Waals surface area contributed by atoms with Crippen molar-refractivity contribution in [3.8, 4) is 0 Å². The molecular formula is C16H12N2O3. The van der Waals surface area contributed by atoms with E-state index in [-0.39, 0.29) is 0 Å². The Morgan fingerprint density at radius 2 is 1.86 bits per heavy atom. The van der Waals surface area contributed by atoms with Gasteiger partial charge >= 0.3 is 5.97 Å². The smallest absolute Gasteiger partial charge is 0.360 e. The zero-order valence-electron chi connectivity index (χ0n) is 11.0. The van der Waals surface area contributed by atoms with Gasteiger partial charge in [0, 0.05) is 5.39 Å². The molecule has 5 nitrogen and oxygen atoms in total. The Bertz CT molecular complexity index is 870. The van der Waals surface area contributed by atoms with Crippen LogP contribution in [-0.2, 0) is 6.42 Å². The molecule has 1 heterocycles. The molecule has 2 aromatic carbocycles. The van der Waals surface area contributed by atoms with Crippen molar-refractivity contribution in [1.82, 2.24) is 10.2 Å². The number of nitrogens with one attached hydrogen (secondary N) is 1. The van der Waals surface area contributed by atoms with E-state index in [1.54, 1.807) is 12.1 Å². The van der Waals surface area contributed by atoms with E-state index in [9.17, 15) is 9.59 Å². The SMILES string of the molecule is O=C(O)c1n[nH]c2ccc(Cc3ccccc3)cc2c1=O. The third-order valence-corrected chi connectivity index (χ3v) is 3.29. The third kappa shape index (κ3) is 2.53. The molecule has 3 aromatic rings. The highest BCUT2D eigenvalue weighted by atomic mass is 16.4. The van der Waals surface area contributed by atoms with Crippen molar-refractivity contribution < 1.29 is 9.90 Å². The van der Waals surface area contributed by atoms with Gasteiger partial charge in [-0.05, 0) is 29.7 Å². The first-order valence-electron chi connectivity index (χ1n) is 6.43.